The number of carbonyl (C=O) groups excluding carboxylic acids is 4. The van der Waals surface area contributed by atoms with Gasteiger partial charge in [0.1, 0.15) is 19.3 Å². The molecule has 0 saturated carbocycles. The molecule has 19 heteroatoms. The topological polar surface area (TPSA) is 237 Å². The minimum absolute atomic E-state index is 0.104. The molecule has 534 valence electrons. The maximum Gasteiger partial charge on any atom is 0.472 e. The fourth-order valence-electron chi connectivity index (χ4n) is 10.7. The van der Waals surface area contributed by atoms with Gasteiger partial charge < -0.3 is 33.8 Å². The van der Waals surface area contributed by atoms with E-state index in [0.29, 0.717) is 31.6 Å². The van der Waals surface area contributed by atoms with E-state index in [1.54, 1.807) is 0 Å². The van der Waals surface area contributed by atoms with Crippen LogP contribution in [0.3, 0.4) is 0 Å². The summed E-state index contributed by atoms with van der Waals surface area (Å²) in [7, 11) is -9.90. The molecule has 0 aliphatic rings. The van der Waals surface area contributed by atoms with Crippen molar-refractivity contribution in [3.8, 4) is 0 Å². The van der Waals surface area contributed by atoms with Crippen molar-refractivity contribution < 1.29 is 80.2 Å². The van der Waals surface area contributed by atoms with E-state index in [9.17, 15) is 43.2 Å². The molecule has 0 aromatic rings. The minimum atomic E-state index is -4.95. The molecule has 0 aromatic heterocycles. The van der Waals surface area contributed by atoms with E-state index < -0.39 is 97.5 Å². The van der Waals surface area contributed by atoms with Crippen molar-refractivity contribution in [1.29, 1.82) is 0 Å². The summed E-state index contributed by atoms with van der Waals surface area (Å²) < 4.78 is 68.3. The summed E-state index contributed by atoms with van der Waals surface area (Å²) in [6.07, 6.45) is 45.8. The third kappa shape index (κ3) is 63.5. The van der Waals surface area contributed by atoms with Crippen LogP contribution >= 0.6 is 15.6 Å². The van der Waals surface area contributed by atoms with Crippen LogP contribution in [0.4, 0.5) is 0 Å². The van der Waals surface area contributed by atoms with Gasteiger partial charge in [0, 0.05) is 25.7 Å². The molecule has 17 nitrogen and oxygen atoms in total. The highest BCUT2D eigenvalue weighted by Crippen LogP contribution is 2.45. The molecule has 0 heterocycles. The number of aliphatic hydroxyl groups excluding tert-OH is 1. The molecular weight excluding hydrogens is 1190 g/mol. The lowest BCUT2D eigenvalue weighted by Gasteiger charge is -2.21. The van der Waals surface area contributed by atoms with E-state index in [0.717, 1.165) is 108 Å². The second-order valence-electron chi connectivity index (χ2n) is 26.8. The highest BCUT2D eigenvalue weighted by atomic mass is 31.2. The Labute approximate surface area is 549 Å². The quantitative estimate of drug-likeness (QED) is 0.0222. The van der Waals surface area contributed by atoms with E-state index in [2.05, 4.69) is 48.5 Å². The van der Waals surface area contributed by atoms with Crippen LogP contribution in [0.5, 0.6) is 0 Å². The van der Waals surface area contributed by atoms with Crippen LogP contribution in [-0.2, 0) is 65.4 Å². The van der Waals surface area contributed by atoms with E-state index in [1.807, 2.05) is 0 Å². The van der Waals surface area contributed by atoms with Gasteiger partial charge in [-0.2, -0.15) is 0 Å². The molecule has 3 unspecified atom stereocenters. The number of esters is 4. The van der Waals surface area contributed by atoms with Crippen molar-refractivity contribution in [2.45, 2.75) is 375 Å². The van der Waals surface area contributed by atoms with Crippen molar-refractivity contribution in [3.05, 3.63) is 0 Å². The molecule has 0 amide bonds. The zero-order valence-electron chi connectivity index (χ0n) is 58.6. The lowest BCUT2D eigenvalue weighted by Crippen LogP contribution is -2.30. The van der Waals surface area contributed by atoms with Crippen molar-refractivity contribution in [1.82, 2.24) is 0 Å². The van der Waals surface area contributed by atoms with Gasteiger partial charge in [-0.05, 0) is 43.4 Å². The number of aliphatic hydroxyl groups is 1. The van der Waals surface area contributed by atoms with Crippen LogP contribution in [0.2, 0.25) is 0 Å². The smallest absolute Gasteiger partial charge is 0.462 e. The number of hydrogen-bond acceptors (Lipinski definition) is 15. The van der Waals surface area contributed by atoms with Gasteiger partial charge in [-0.1, -0.05) is 305 Å². The van der Waals surface area contributed by atoms with Crippen LogP contribution in [-0.4, -0.2) is 96.7 Å². The van der Waals surface area contributed by atoms with Crippen LogP contribution in [0, 0.1) is 17.8 Å². The fourth-order valence-corrected chi connectivity index (χ4v) is 12.3. The second-order valence-corrected chi connectivity index (χ2v) is 29.7. The molecule has 0 aliphatic heterocycles. The standard InChI is InChI=1S/C71H138O17P2/c1-8-10-11-12-13-14-15-16-17-20-23-31-38-45-52-68(73)81-58-66(87-70(75)54-47-40-32-24-21-18-19-22-28-35-42-49-62(3)4)60-85-89(77,78)83-56-65(72)57-84-90(79,80)86-61-67(59-82-69(74)53-46-39-34-27-29-36-43-50-63(5)6)88-71(76)55-48-41-33-26-25-30-37-44-51-64(7)9-2/h62-67,72H,8-61H2,1-7H3,(H,77,78)(H,79,80)/t64?,65-,66-,67-/m1/s1. The molecule has 0 saturated heterocycles. The Hall–Kier alpha value is -1.94. The van der Waals surface area contributed by atoms with Gasteiger partial charge in [-0.3, -0.25) is 37.3 Å². The third-order valence-corrected chi connectivity index (χ3v) is 18.6. The van der Waals surface area contributed by atoms with Crippen molar-refractivity contribution in [3.63, 3.8) is 0 Å². The van der Waals surface area contributed by atoms with Crippen molar-refractivity contribution in [2.75, 3.05) is 39.6 Å². The summed E-state index contributed by atoms with van der Waals surface area (Å²) in [6.45, 7) is 11.8. The van der Waals surface area contributed by atoms with Gasteiger partial charge in [0.2, 0.25) is 0 Å². The molecule has 0 spiro atoms. The van der Waals surface area contributed by atoms with E-state index >= 15 is 0 Å². The summed E-state index contributed by atoms with van der Waals surface area (Å²) >= 11 is 0. The molecule has 0 aliphatic carbocycles. The first kappa shape index (κ1) is 88.1. The number of rotatable bonds is 69. The first-order valence-corrected chi connectivity index (χ1v) is 39.9. The van der Waals surface area contributed by atoms with Crippen LogP contribution in [0.1, 0.15) is 357 Å². The summed E-state index contributed by atoms with van der Waals surface area (Å²) in [5.41, 5.74) is 0. The predicted octanol–water partition coefficient (Wildman–Crippen LogP) is 20.2. The van der Waals surface area contributed by atoms with Crippen molar-refractivity contribution in [2.24, 2.45) is 17.8 Å². The number of ether oxygens (including phenoxy) is 4. The first-order valence-electron chi connectivity index (χ1n) is 36.9. The maximum atomic E-state index is 13.0. The zero-order valence-corrected chi connectivity index (χ0v) is 60.4. The molecule has 0 aromatic carbocycles. The Bertz CT molecular complexity index is 1770. The Morgan fingerprint density at radius 1 is 0.322 bits per heavy atom. The summed E-state index contributed by atoms with van der Waals surface area (Å²) in [5, 5.41) is 10.6. The Kier molecular flexibility index (Phi) is 60.6. The van der Waals surface area contributed by atoms with Crippen LogP contribution in [0.15, 0.2) is 0 Å². The van der Waals surface area contributed by atoms with Crippen LogP contribution < -0.4 is 0 Å². The highest BCUT2D eigenvalue weighted by Gasteiger charge is 2.30. The lowest BCUT2D eigenvalue weighted by molar-refractivity contribution is -0.161. The van der Waals surface area contributed by atoms with E-state index in [-0.39, 0.29) is 25.7 Å². The molecule has 90 heavy (non-hydrogen) atoms. The number of phosphoric ester groups is 2. The summed E-state index contributed by atoms with van der Waals surface area (Å²) in [4.78, 5) is 72.6. The molecule has 0 radical (unpaired) electrons. The molecule has 3 N–H and O–H groups in total. The molecule has 6 atom stereocenters. The summed E-state index contributed by atoms with van der Waals surface area (Å²) in [6, 6.07) is 0. The normalized spacial score (nSPS) is 14.5. The van der Waals surface area contributed by atoms with Gasteiger partial charge in [-0.25, -0.2) is 9.13 Å². The molecule has 0 fully saturated rings. The van der Waals surface area contributed by atoms with Crippen molar-refractivity contribution >= 4 is 39.5 Å². The average molecular weight is 1330 g/mol. The first-order chi connectivity index (χ1) is 43.3. The number of hydrogen-bond donors (Lipinski definition) is 3. The second kappa shape index (κ2) is 61.9. The molecular formula is C71H138O17P2. The Morgan fingerprint density at radius 3 is 0.844 bits per heavy atom. The van der Waals surface area contributed by atoms with Gasteiger partial charge in [0.05, 0.1) is 26.4 Å². The zero-order chi connectivity index (χ0) is 66.6. The number of unbranched alkanes of at least 4 members (excludes halogenated alkanes) is 36. The van der Waals surface area contributed by atoms with Gasteiger partial charge in [0.25, 0.3) is 0 Å². The highest BCUT2D eigenvalue weighted by molar-refractivity contribution is 7.47. The molecule has 0 rings (SSSR count). The Balaban J connectivity index is 5.26. The summed E-state index contributed by atoms with van der Waals surface area (Å²) in [5.74, 6) is 0.114. The largest absolute Gasteiger partial charge is 0.472 e. The lowest BCUT2D eigenvalue weighted by atomic mass is 9.99. The van der Waals surface area contributed by atoms with Gasteiger partial charge in [-0.15, -0.1) is 0 Å². The SMILES string of the molecule is CCCCCCCCCCCCCCCCC(=O)OC[C@H](COP(=O)(O)OC[C@@H](O)COP(=O)(O)OC[C@@H](COC(=O)CCCCCCCCCC(C)C)OC(=O)CCCCCCCCCCC(C)CC)OC(=O)CCCCCCCCCCCCCC(C)C. The van der Waals surface area contributed by atoms with Crippen LogP contribution in [0.25, 0.3) is 0 Å². The monoisotopic (exact) mass is 1320 g/mol. The maximum absolute atomic E-state index is 13.0. The number of carbonyl (C=O) groups is 4. The Morgan fingerprint density at radius 2 is 0.567 bits per heavy atom. The van der Waals surface area contributed by atoms with Gasteiger partial charge in [0.15, 0.2) is 12.2 Å². The number of phosphoric acid groups is 2. The minimum Gasteiger partial charge on any atom is -0.462 e. The predicted molar refractivity (Wildman–Crippen MR) is 363 cm³/mol. The third-order valence-electron chi connectivity index (χ3n) is 16.7. The van der Waals surface area contributed by atoms with E-state index in [1.165, 1.54) is 161 Å². The average Bonchev–Trinajstić information content (AvgIpc) is 2.47. The van der Waals surface area contributed by atoms with E-state index in [4.69, 9.17) is 37.0 Å². The molecule has 0 bridgehead atoms. The fraction of sp³-hybridized carbons (Fsp3) is 0.944. The van der Waals surface area contributed by atoms with Gasteiger partial charge >= 0.3 is 39.5 Å².